The van der Waals surface area contributed by atoms with E-state index in [9.17, 15) is 17.6 Å². The number of carboxylic acids is 1. The molecule has 1 heterocycles. The maximum Gasteiger partial charge on any atom is 0.352 e. The van der Waals surface area contributed by atoms with Crippen LogP contribution in [0.5, 0.6) is 0 Å². The molecule has 0 amide bonds. The van der Waals surface area contributed by atoms with Crippen molar-refractivity contribution in [3.05, 3.63) is 53.6 Å². The van der Waals surface area contributed by atoms with Crippen molar-refractivity contribution in [3.63, 3.8) is 0 Å². The van der Waals surface area contributed by atoms with Gasteiger partial charge in [-0.1, -0.05) is 18.2 Å². The highest BCUT2D eigenvalue weighted by Crippen LogP contribution is 2.11. The average molecular weight is 312 g/mol. The number of H-pyrrole nitrogens is 1. The van der Waals surface area contributed by atoms with E-state index in [1.54, 1.807) is 18.2 Å². The number of halogens is 1. The molecule has 1 aromatic carbocycles. The maximum atomic E-state index is 13.4. The quantitative estimate of drug-likeness (QED) is 0.750. The van der Waals surface area contributed by atoms with E-state index in [1.165, 1.54) is 6.07 Å². The van der Waals surface area contributed by atoms with Crippen LogP contribution in [0.3, 0.4) is 0 Å². The lowest BCUT2D eigenvalue weighted by Crippen LogP contribution is -2.25. The summed E-state index contributed by atoms with van der Waals surface area (Å²) in [5.41, 5.74) is 0.185. The van der Waals surface area contributed by atoms with Gasteiger partial charge >= 0.3 is 5.97 Å². The van der Waals surface area contributed by atoms with Crippen molar-refractivity contribution in [2.24, 2.45) is 0 Å². The van der Waals surface area contributed by atoms with Gasteiger partial charge in [-0.05, 0) is 24.1 Å². The van der Waals surface area contributed by atoms with E-state index in [0.29, 0.717) is 5.56 Å². The van der Waals surface area contributed by atoms with E-state index in [4.69, 9.17) is 5.11 Å². The van der Waals surface area contributed by atoms with Crippen molar-refractivity contribution in [1.82, 2.24) is 9.71 Å². The molecule has 0 aliphatic carbocycles. The number of sulfonamides is 1. The van der Waals surface area contributed by atoms with Gasteiger partial charge < -0.3 is 10.1 Å². The molecule has 0 radical (unpaired) electrons. The highest BCUT2D eigenvalue weighted by Gasteiger charge is 2.17. The molecular weight excluding hydrogens is 299 g/mol. The van der Waals surface area contributed by atoms with Crippen LogP contribution in [0.25, 0.3) is 0 Å². The average Bonchev–Trinajstić information content (AvgIpc) is 2.91. The maximum absolute atomic E-state index is 13.4. The van der Waals surface area contributed by atoms with Gasteiger partial charge in [0.15, 0.2) is 0 Å². The molecule has 0 bridgehead atoms. The Morgan fingerprint density at radius 1 is 1.33 bits per heavy atom. The largest absolute Gasteiger partial charge is 0.477 e. The number of aromatic carboxylic acids is 1. The summed E-state index contributed by atoms with van der Waals surface area (Å²) in [6, 6.07) is 7.11. The summed E-state index contributed by atoms with van der Waals surface area (Å²) in [4.78, 5) is 12.9. The third-order valence-electron chi connectivity index (χ3n) is 2.84. The fourth-order valence-electron chi connectivity index (χ4n) is 1.76. The Balaban J connectivity index is 2.01. The number of rotatable bonds is 6. The third kappa shape index (κ3) is 3.67. The van der Waals surface area contributed by atoms with Crippen molar-refractivity contribution in [2.45, 2.75) is 11.3 Å². The monoisotopic (exact) mass is 312 g/mol. The van der Waals surface area contributed by atoms with Crippen LogP contribution in [0.2, 0.25) is 0 Å². The van der Waals surface area contributed by atoms with Crippen LogP contribution >= 0.6 is 0 Å². The van der Waals surface area contributed by atoms with Crippen LogP contribution in [-0.2, 0) is 16.4 Å². The first-order valence-corrected chi connectivity index (χ1v) is 7.53. The Labute approximate surface area is 120 Å². The second kappa shape index (κ2) is 6.06. The summed E-state index contributed by atoms with van der Waals surface area (Å²) in [6.45, 7) is 0.0108. The highest BCUT2D eigenvalue weighted by atomic mass is 32.2. The molecule has 0 unspecified atom stereocenters. The minimum atomic E-state index is -3.82. The standard InChI is InChI=1S/C13H13FN2O4S/c14-11-4-2-1-3-9(11)5-6-16-21(19,20)10-7-12(13(17)18)15-8-10/h1-4,7-8,15-16H,5-6H2,(H,17,18). The number of carbonyl (C=O) groups is 1. The lowest BCUT2D eigenvalue weighted by molar-refractivity contribution is 0.0691. The molecular formula is C13H13FN2O4S. The Kier molecular flexibility index (Phi) is 4.39. The number of benzene rings is 1. The third-order valence-corrected chi connectivity index (χ3v) is 4.28. The van der Waals surface area contributed by atoms with Crippen molar-refractivity contribution >= 4 is 16.0 Å². The number of carboxylic acid groups (broad SMARTS) is 1. The zero-order chi connectivity index (χ0) is 15.5. The first-order valence-electron chi connectivity index (χ1n) is 6.05. The number of hydrogen-bond acceptors (Lipinski definition) is 3. The smallest absolute Gasteiger partial charge is 0.352 e. The molecule has 21 heavy (non-hydrogen) atoms. The highest BCUT2D eigenvalue weighted by molar-refractivity contribution is 7.89. The van der Waals surface area contributed by atoms with Crippen LogP contribution in [0.4, 0.5) is 4.39 Å². The number of aromatic amines is 1. The molecule has 0 saturated carbocycles. The molecule has 0 atom stereocenters. The van der Waals surface area contributed by atoms with E-state index in [2.05, 4.69) is 9.71 Å². The zero-order valence-corrected chi connectivity index (χ0v) is 11.7. The van der Waals surface area contributed by atoms with Crippen LogP contribution in [0.15, 0.2) is 41.4 Å². The summed E-state index contributed by atoms with van der Waals surface area (Å²) in [7, 11) is -3.82. The molecule has 2 rings (SSSR count). The molecule has 1 aromatic heterocycles. The van der Waals surface area contributed by atoms with Crippen molar-refractivity contribution in [1.29, 1.82) is 0 Å². The molecule has 112 valence electrons. The fraction of sp³-hybridized carbons (Fsp3) is 0.154. The Bertz CT molecular complexity index is 755. The number of nitrogens with one attached hydrogen (secondary N) is 2. The van der Waals surface area contributed by atoms with Crippen LogP contribution in [0, 0.1) is 5.82 Å². The minimum absolute atomic E-state index is 0.0108. The van der Waals surface area contributed by atoms with Gasteiger partial charge in [0.25, 0.3) is 0 Å². The molecule has 0 spiro atoms. The molecule has 2 aromatic rings. The Morgan fingerprint density at radius 3 is 2.67 bits per heavy atom. The molecule has 0 saturated heterocycles. The van der Waals surface area contributed by atoms with E-state index in [1.807, 2.05) is 0 Å². The van der Waals surface area contributed by atoms with Gasteiger partial charge in [0.2, 0.25) is 10.0 Å². The normalized spacial score (nSPS) is 11.5. The summed E-state index contributed by atoms with van der Waals surface area (Å²) in [5.74, 6) is -1.64. The van der Waals surface area contributed by atoms with Gasteiger partial charge in [0.1, 0.15) is 16.4 Å². The Hall–Kier alpha value is -2.19. The lowest BCUT2D eigenvalue weighted by Gasteiger charge is -2.05. The van der Waals surface area contributed by atoms with Gasteiger partial charge in [0, 0.05) is 12.7 Å². The predicted octanol–water partition coefficient (Wildman–Crippen LogP) is 1.37. The van der Waals surface area contributed by atoms with Gasteiger partial charge in [-0.2, -0.15) is 0 Å². The molecule has 0 aliphatic heterocycles. The van der Waals surface area contributed by atoms with Gasteiger partial charge in [-0.25, -0.2) is 22.3 Å². The molecule has 3 N–H and O–H groups in total. The van der Waals surface area contributed by atoms with Crippen molar-refractivity contribution in [3.8, 4) is 0 Å². The topological polar surface area (TPSA) is 99.3 Å². The van der Waals surface area contributed by atoms with Crippen LogP contribution < -0.4 is 4.72 Å². The van der Waals surface area contributed by atoms with E-state index in [0.717, 1.165) is 12.3 Å². The summed E-state index contributed by atoms with van der Waals surface area (Å²) in [6.07, 6.45) is 1.29. The summed E-state index contributed by atoms with van der Waals surface area (Å²) < 4.78 is 39.5. The van der Waals surface area contributed by atoms with Gasteiger partial charge in [0.05, 0.1) is 0 Å². The van der Waals surface area contributed by atoms with Crippen molar-refractivity contribution < 1.29 is 22.7 Å². The summed E-state index contributed by atoms with van der Waals surface area (Å²) >= 11 is 0. The fourth-order valence-corrected chi connectivity index (χ4v) is 2.78. The second-order valence-electron chi connectivity index (χ2n) is 4.29. The molecule has 0 aliphatic rings. The second-order valence-corrected chi connectivity index (χ2v) is 6.06. The molecule has 6 nitrogen and oxygen atoms in total. The van der Waals surface area contributed by atoms with E-state index < -0.39 is 21.8 Å². The molecule has 8 heteroatoms. The van der Waals surface area contributed by atoms with E-state index >= 15 is 0 Å². The SMILES string of the molecule is O=C(O)c1cc(S(=O)(=O)NCCc2ccccc2F)c[nH]1. The lowest BCUT2D eigenvalue weighted by atomic mass is 10.1. The van der Waals surface area contributed by atoms with Crippen LogP contribution in [0.1, 0.15) is 16.1 Å². The number of aromatic nitrogens is 1. The minimum Gasteiger partial charge on any atom is -0.477 e. The summed E-state index contributed by atoms with van der Waals surface area (Å²) in [5, 5.41) is 8.73. The van der Waals surface area contributed by atoms with Crippen molar-refractivity contribution in [2.75, 3.05) is 6.54 Å². The molecule has 0 fully saturated rings. The van der Waals surface area contributed by atoms with Crippen LogP contribution in [-0.4, -0.2) is 31.0 Å². The van der Waals surface area contributed by atoms with Gasteiger partial charge in [-0.3, -0.25) is 0 Å². The zero-order valence-electron chi connectivity index (χ0n) is 10.8. The number of hydrogen-bond donors (Lipinski definition) is 3. The van der Waals surface area contributed by atoms with E-state index in [-0.39, 0.29) is 23.6 Å². The van der Waals surface area contributed by atoms with Gasteiger partial charge in [-0.15, -0.1) is 0 Å². The first kappa shape index (κ1) is 15.2. The Morgan fingerprint density at radius 2 is 2.05 bits per heavy atom. The predicted molar refractivity (Wildman–Crippen MR) is 73.0 cm³/mol. The first-order chi connectivity index (χ1) is 9.90.